The van der Waals surface area contributed by atoms with Gasteiger partial charge in [-0.2, -0.15) is 4.37 Å². The topological polar surface area (TPSA) is 88.3 Å². The van der Waals surface area contributed by atoms with Gasteiger partial charge in [0.25, 0.3) is 5.91 Å². The molecule has 4 rings (SSSR count). The molecule has 0 radical (unpaired) electrons. The second-order valence-corrected chi connectivity index (χ2v) is 8.42. The van der Waals surface area contributed by atoms with Crippen LogP contribution >= 0.6 is 11.5 Å². The van der Waals surface area contributed by atoms with E-state index in [1.165, 1.54) is 24.6 Å². The van der Waals surface area contributed by atoms with Gasteiger partial charge >= 0.3 is 0 Å². The molecular weight excluding hydrogens is 407 g/mol. The van der Waals surface area contributed by atoms with Gasteiger partial charge in [0.2, 0.25) is 11.8 Å². The summed E-state index contributed by atoms with van der Waals surface area (Å²) in [6.07, 6.45) is 3.47. The molecule has 1 N–H and O–H groups in total. The minimum Gasteiger partial charge on any atom is -0.447 e. The van der Waals surface area contributed by atoms with E-state index in [1.54, 1.807) is 23.1 Å². The fraction of sp³-hybridized carbons (Fsp3) is 0.333. The van der Waals surface area contributed by atoms with E-state index < -0.39 is 12.1 Å². The number of nitrogens with one attached hydrogen (secondary N) is 1. The van der Waals surface area contributed by atoms with Crippen LogP contribution in [0, 0.1) is 11.7 Å². The monoisotopic (exact) mass is 428 g/mol. The molecule has 0 saturated carbocycles. The van der Waals surface area contributed by atoms with Gasteiger partial charge in [-0.1, -0.05) is 26.0 Å². The highest BCUT2D eigenvalue weighted by Crippen LogP contribution is 2.28. The summed E-state index contributed by atoms with van der Waals surface area (Å²) in [7, 11) is 0. The molecule has 0 spiro atoms. The van der Waals surface area contributed by atoms with Crippen LogP contribution in [0.4, 0.5) is 4.39 Å². The first kappa shape index (κ1) is 20.2. The summed E-state index contributed by atoms with van der Waals surface area (Å²) in [5.74, 6) is -0.306. The van der Waals surface area contributed by atoms with Crippen molar-refractivity contribution in [2.45, 2.75) is 32.4 Å². The van der Waals surface area contributed by atoms with Gasteiger partial charge in [-0.25, -0.2) is 9.37 Å². The van der Waals surface area contributed by atoms with Crippen LogP contribution in [0.5, 0.6) is 0 Å². The molecule has 1 aliphatic rings. The van der Waals surface area contributed by atoms with E-state index in [1.807, 2.05) is 13.8 Å². The zero-order valence-corrected chi connectivity index (χ0v) is 17.4. The number of hydrogen-bond acceptors (Lipinski definition) is 6. The molecule has 1 aliphatic heterocycles. The molecule has 7 nitrogen and oxygen atoms in total. The molecule has 2 atom stereocenters. The molecule has 2 amide bonds. The van der Waals surface area contributed by atoms with Crippen molar-refractivity contribution in [1.82, 2.24) is 19.6 Å². The maximum Gasteiger partial charge on any atom is 0.274 e. The number of hydrogen-bond donors (Lipinski definition) is 1. The number of aromatic nitrogens is 2. The molecule has 156 valence electrons. The van der Waals surface area contributed by atoms with E-state index >= 15 is 0 Å². The van der Waals surface area contributed by atoms with Crippen molar-refractivity contribution < 1.29 is 18.4 Å². The third-order valence-electron chi connectivity index (χ3n) is 4.94. The Hall–Kier alpha value is -3.07. The van der Waals surface area contributed by atoms with Crippen LogP contribution in [0.15, 0.2) is 47.2 Å². The molecule has 1 saturated heterocycles. The number of benzene rings is 1. The van der Waals surface area contributed by atoms with Crippen molar-refractivity contribution in [2.24, 2.45) is 5.92 Å². The zero-order valence-electron chi connectivity index (χ0n) is 16.5. The molecule has 3 heterocycles. The molecular formula is C21H21FN4O3S. The van der Waals surface area contributed by atoms with Gasteiger partial charge in [0.15, 0.2) is 0 Å². The Morgan fingerprint density at radius 1 is 1.37 bits per heavy atom. The largest absolute Gasteiger partial charge is 0.447 e. The zero-order chi connectivity index (χ0) is 21.3. The Labute approximate surface area is 177 Å². The van der Waals surface area contributed by atoms with Gasteiger partial charge in [-0.15, -0.1) is 0 Å². The Bertz CT molecular complexity index is 1030. The smallest absolute Gasteiger partial charge is 0.274 e. The Balaban J connectivity index is 1.61. The summed E-state index contributed by atoms with van der Waals surface area (Å²) >= 11 is 1.16. The molecule has 1 fully saturated rings. The van der Waals surface area contributed by atoms with E-state index in [0.717, 1.165) is 22.0 Å². The van der Waals surface area contributed by atoms with Crippen molar-refractivity contribution in [3.05, 3.63) is 60.2 Å². The van der Waals surface area contributed by atoms with Gasteiger partial charge in [-0.3, -0.25) is 9.59 Å². The molecule has 2 aromatic heterocycles. The average molecular weight is 428 g/mol. The third-order valence-corrected chi connectivity index (χ3v) is 5.78. The standard InChI is InChI=1S/C21H21FN4O3S/c1-12(2)9-17-19(27)24-16(20-23-7-8-29-20)11-26(17)21(28)15-10-18(30-25-15)13-3-5-14(22)6-4-13/h3-8,10,12,16-17H,9,11H2,1-2H3,(H,24,27)/t16-,17+/m1/s1. The molecule has 0 aliphatic carbocycles. The van der Waals surface area contributed by atoms with Gasteiger partial charge < -0.3 is 14.6 Å². The number of carbonyl (C=O) groups excluding carboxylic acids is 2. The number of nitrogens with zero attached hydrogens (tertiary/aromatic N) is 3. The predicted octanol–water partition coefficient (Wildman–Crippen LogP) is 3.67. The van der Waals surface area contributed by atoms with E-state index in [2.05, 4.69) is 14.7 Å². The van der Waals surface area contributed by atoms with Crippen LogP contribution in [0.1, 0.15) is 42.7 Å². The van der Waals surface area contributed by atoms with Crippen molar-refractivity contribution in [2.75, 3.05) is 6.54 Å². The number of rotatable bonds is 5. The van der Waals surface area contributed by atoms with Crippen LogP contribution in [0.25, 0.3) is 10.4 Å². The highest BCUT2D eigenvalue weighted by molar-refractivity contribution is 7.09. The molecule has 9 heteroatoms. The second-order valence-electron chi connectivity index (χ2n) is 7.62. The third kappa shape index (κ3) is 4.11. The first-order valence-corrected chi connectivity index (χ1v) is 10.4. The average Bonchev–Trinajstić information content (AvgIpc) is 3.41. The van der Waals surface area contributed by atoms with Gasteiger partial charge in [0, 0.05) is 0 Å². The Kier molecular flexibility index (Phi) is 5.63. The minimum absolute atomic E-state index is 0.222. The summed E-state index contributed by atoms with van der Waals surface area (Å²) in [5.41, 5.74) is 1.04. The fourth-order valence-electron chi connectivity index (χ4n) is 3.50. The number of piperazine rings is 1. The van der Waals surface area contributed by atoms with Crippen LogP contribution in [-0.4, -0.2) is 38.7 Å². The summed E-state index contributed by atoms with van der Waals surface area (Å²) in [6.45, 7) is 4.25. The molecule has 3 aromatic rings. The maximum absolute atomic E-state index is 13.3. The molecule has 30 heavy (non-hydrogen) atoms. The van der Waals surface area contributed by atoms with Crippen LogP contribution < -0.4 is 5.32 Å². The predicted molar refractivity (Wildman–Crippen MR) is 109 cm³/mol. The quantitative estimate of drug-likeness (QED) is 0.670. The summed E-state index contributed by atoms with van der Waals surface area (Å²) in [6, 6.07) is 6.59. The summed E-state index contributed by atoms with van der Waals surface area (Å²) in [5, 5.41) is 2.90. The number of halogens is 1. The summed E-state index contributed by atoms with van der Waals surface area (Å²) < 4.78 is 22.8. The molecule has 0 unspecified atom stereocenters. The van der Waals surface area contributed by atoms with E-state index in [4.69, 9.17) is 4.42 Å². The van der Waals surface area contributed by atoms with E-state index in [0.29, 0.717) is 12.3 Å². The Morgan fingerprint density at radius 2 is 2.13 bits per heavy atom. The van der Waals surface area contributed by atoms with Crippen molar-refractivity contribution >= 4 is 23.3 Å². The highest BCUT2D eigenvalue weighted by Gasteiger charge is 2.40. The molecule has 0 bridgehead atoms. The fourth-order valence-corrected chi connectivity index (χ4v) is 4.24. The normalized spacial score (nSPS) is 19.2. The first-order valence-electron chi connectivity index (χ1n) is 9.65. The first-order chi connectivity index (χ1) is 14.4. The maximum atomic E-state index is 13.3. The lowest BCUT2D eigenvalue weighted by molar-refractivity contribution is -0.130. The number of oxazole rings is 1. The lowest BCUT2D eigenvalue weighted by Gasteiger charge is -2.38. The van der Waals surface area contributed by atoms with Crippen LogP contribution in [0.2, 0.25) is 0 Å². The minimum atomic E-state index is -0.598. The second kappa shape index (κ2) is 8.35. The van der Waals surface area contributed by atoms with Gasteiger partial charge in [0.1, 0.15) is 29.9 Å². The lowest BCUT2D eigenvalue weighted by Crippen LogP contribution is -2.58. The van der Waals surface area contributed by atoms with Crippen LogP contribution in [0.3, 0.4) is 0 Å². The lowest BCUT2D eigenvalue weighted by atomic mass is 9.97. The van der Waals surface area contributed by atoms with Crippen molar-refractivity contribution in [1.29, 1.82) is 0 Å². The highest BCUT2D eigenvalue weighted by atomic mass is 32.1. The number of carbonyl (C=O) groups is 2. The van der Waals surface area contributed by atoms with Gasteiger partial charge in [0.05, 0.1) is 17.6 Å². The SMILES string of the molecule is CC(C)C[C@H]1C(=O)N[C@@H](c2ncco2)CN1C(=O)c1cc(-c2ccc(F)cc2)sn1. The van der Waals surface area contributed by atoms with Crippen molar-refractivity contribution in [3.63, 3.8) is 0 Å². The van der Waals surface area contributed by atoms with E-state index in [9.17, 15) is 14.0 Å². The summed E-state index contributed by atoms with van der Waals surface area (Å²) in [4.78, 5) is 32.6. The molecule has 1 aromatic carbocycles. The van der Waals surface area contributed by atoms with Crippen molar-refractivity contribution in [3.8, 4) is 10.4 Å². The van der Waals surface area contributed by atoms with E-state index in [-0.39, 0.29) is 35.8 Å². The van der Waals surface area contributed by atoms with Crippen LogP contribution in [-0.2, 0) is 4.79 Å². The number of amides is 2. The Morgan fingerprint density at radius 3 is 2.80 bits per heavy atom. The van der Waals surface area contributed by atoms with Gasteiger partial charge in [-0.05, 0) is 47.6 Å².